The largest absolute Gasteiger partial charge is 0.463 e. The van der Waals surface area contributed by atoms with Crippen LogP contribution >= 0.6 is 0 Å². The van der Waals surface area contributed by atoms with Gasteiger partial charge >= 0.3 is 0 Å². The number of carbonyl (C=O) groups is 1. The molecule has 0 bridgehead atoms. The number of hydrogen-bond donors (Lipinski definition) is 2. The van der Waals surface area contributed by atoms with Crippen LogP contribution in [0, 0.1) is 0 Å². The van der Waals surface area contributed by atoms with Crippen molar-refractivity contribution in [1.29, 1.82) is 0 Å². The SMILES string of the molecule is O=C(Nc1cccc(-c2cnc3n2CCC3)c1)c1cc(-c2ccco2)[nH]n1. The van der Waals surface area contributed by atoms with Gasteiger partial charge in [-0.2, -0.15) is 5.10 Å². The number of aromatic amines is 1. The van der Waals surface area contributed by atoms with Gasteiger partial charge in [-0.15, -0.1) is 0 Å². The van der Waals surface area contributed by atoms with Gasteiger partial charge in [-0.1, -0.05) is 12.1 Å². The number of fused-ring (bicyclic) bond motifs is 1. The molecular formula is C20H17N5O2. The summed E-state index contributed by atoms with van der Waals surface area (Å²) in [6.45, 7) is 0.990. The first-order valence-electron chi connectivity index (χ1n) is 8.83. The Hall–Kier alpha value is -3.61. The molecule has 0 spiro atoms. The topological polar surface area (TPSA) is 88.7 Å². The Balaban J connectivity index is 1.37. The van der Waals surface area contributed by atoms with Crippen LogP contribution < -0.4 is 5.32 Å². The van der Waals surface area contributed by atoms with Gasteiger partial charge in [-0.05, 0) is 30.7 Å². The normalized spacial score (nSPS) is 12.9. The Bertz CT molecular complexity index is 1110. The number of carbonyl (C=O) groups excluding carboxylic acids is 1. The first-order valence-corrected chi connectivity index (χ1v) is 8.83. The second-order valence-corrected chi connectivity index (χ2v) is 6.49. The van der Waals surface area contributed by atoms with E-state index in [2.05, 4.69) is 25.1 Å². The molecular weight excluding hydrogens is 342 g/mol. The van der Waals surface area contributed by atoms with Gasteiger partial charge in [0.05, 0.1) is 18.2 Å². The Labute approximate surface area is 155 Å². The predicted molar refractivity (Wildman–Crippen MR) is 100 cm³/mol. The number of rotatable bonds is 4. The van der Waals surface area contributed by atoms with E-state index >= 15 is 0 Å². The zero-order chi connectivity index (χ0) is 18.2. The van der Waals surface area contributed by atoms with Gasteiger partial charge in [-0.25, -0.2) is 4.98 Å². The third-order valence-corrected chi connectivity index (χ3v) is 4.73. The van der Waals surface area contributed by atoms with Crippen LogP contribution in [-0.4, -0.2) is 25.7 Å². The molecule has 0 saturated carbocycles. The van der Waals surface area contributed by atoms with Gasteiger partial charge in [0.2, 0.25) is 0 Å². The lowest BCUT2D eigenvalue weighted by Gasteiger charge is -2.08. The maximum atomic E-state index is 12.5. The van der Waals surface area contributed by atoms with Gasteiger partial charge in [0, 0.05) is 30.3 Å². The maximum absolute atomic E-state index is 12.5. The molecule has 2 N–H and O–H groups in total. The minimum atomic E-state index is -0.278. The summed E-state index contributed by atoms with van der Waals surface area (Å²) in [6.07, 6.45) is 5.63. The van der Waals surface area contributed by atoms with Crippen LogP contribution in [0.1, 0.15) is 22.7 Å². The highest BCUT2D eigenvalue weighted by Gasteiger charge is 2.17. The fraction of sp³-hybridized carbons (Fsp3) is 0.150. The number of hydrogen-bond acceptors (Lipinski definition) is 4. The average Bonchev–Trinajstić information content (AvgIpc) is 3.46. The van der Waals surface area contributed by atoms with E-state index in [9.17, 15) is 4.79 Å². The van der Waals surface area contributed by atoms with Crippen LogP contribution in [0.25, 0.3) is 22.7 Å². The minimum Gasteiger partial charge on any atom is -0.463 e. The molecule has 1 amide bonds. The van der Waals surface area contributed by atoms with E-state index < -0.39 is 0 Å². The number of nitrogens with one attached hydrogen (secondary N) is 2. The highest BCUT2D eigenvalue weighted by molar-refractivity contribution is 6.03. The summed E-state index contributed by atoms with van der Waals surface area (Å²) in [4.78, 5) is 17.0. The molecule has 0 unspecified atom stereocenters. The summed E-state index contributed by atoms with van der Waals surface area (Å²) in [5.74, 6) is 1.49. The van der Waals surface area contributed by atoms with E-state index in [1.807, 2.05) is 36.5 Å². The van der Waals surface area contributed by atoms with Crippen molar-refractivity contribution in [2.24, 2.45) is 0 Å². The molecule has 134 valence electrons. The number of amides is 1. The quantitative estimate of drug-likeness (QED) is 0.581. The van der Waals surface area contributed by atoms with Crippen LogP contribution in [-0.2, 0) is 13.0 Å². The Morgan fingerprint density at radius 3 is 3.07 bits per heavy atom. The Morgan fingerprint density at radius 2 is 2.19 bits per heavy atom. The molecule has 0 radical (unpaired) electrons. The van der Waals surface area contributed by atoms with Crippen molar-refractivity contribution in [3.05, 3.63) is 66.4 Å². The number of benzene rings is 1. The van der Waals surface area contributed by atoms with E-state index in [0.29, 0.717) is 22.8 Å². The van der Waals surface area contributed by atoms with Crippen LogP contribution in [0.4, 0.5) is 5.69 Å². The number of aromatic nitrogens is 4. The van der Waals surface area contributed by atoms with E-state index in [-0.39, 0.29) is 5.91 Å². The van der Waals surface area contributed by atoms with E-state index in [1.54, 1.807) is 18.4 Å². The van der Waals surface area contributed by atoms with Gasteiger partial charge < -0.3 is 14.3 Å². The molecule has 4 heterocycles. The van der Waals surface area contributed by atoms with Crippen LogP contribution in [0.3, 0.4) is 0 Å². The van der Waals surface area contributed by atoms with Crippen molar-refractivity contribution < 1.29 is 9.21 Å². The molecule has 27 heavy (non-hydrogen) atoms. The first-order chi connectivity index (χ1) is 13.3. The lowest BCUT2D eigenvalue weighted by molar-refractivity contribution is 0.102. The first kappa shape index (κ1) is 15.6. The van der Waals surface area contributed by atoms with Crippen molar-refractivity contribution in [3.63, 3.8) is 0 Å². The van der Waals surface area contributed by atoms with Crippen molar-refractivity contribution in [2.75, 3.05) is 5.32 Å². The highest BCUT2D eigenvalue weighted by atomic mass is 16.3. The fourth-order valence-electron chi connectivity index (χ4n) is 3.44. The summed E-state index contributed by atoms with van der Waals surface area (Å²) in [7, 11) is 0. The van der Waals surface area contributed by atoms with Crippen molar-refractivity contribution in [2.45, 2.75) is 19.4 Å². The summed E-state index contributed by atoms with van der Waals surface area (Å²) < 4.78 is 7.55. The monoisotopic (exact) mass is 359 g/mol. The number of H-pyrrole nitrogens is 1. The molecule has 1 aromatic carbocycles. The Morgan fingerprint density at radius 1 is 1.22 bits per heavy atom. The molecule has 1 aliphatic heterocycles. The molecule has 5 rings (SSSR count). The highest BCUT2D eigenvalue weighted by Crippen LogP contribution is 2.27. The Kier molecular flexibility index (Phi) is 3.64. The second-order valence-electron chi connectivity index (χ2n) is 6.49. The lowest BCUT2D eigenvalue weighted by Crippen LogP contribution is -2.12. The average molecular weight is 359 g/mol. The molecule has 7 heteroatoms. The molecule has 0 fully saturated rings. The number of aryl methyl sites for hydroxylation is 1. The summed E-state index contributed by atoms with van der Waals surface area (Å²) in [6, 6.07) is 13.0. The smallest absolute Gasteiger partial charge is 0.276 e. The van der Waals surface area contributed by atoms with Crippen LogP contribution in [0.2, 0.25) is 0 Å². The van der Waals surface area contributed by atoms with Crippen molar-refractivity contribution >= 4 is 11.6 Å². The number of imidazole rings is 1. The minimum absolute atomic E-state index is 0.278. The summed E-state index contributed by atoms with van der Waals surface area (Å²) >= 11 is 0. The molecule has 0 atom stereocenters. The van der Waals surface area contributed by atoms with Crippen LogP contribution in [0.15, 0.2) is 59.3 Å². The predicted octanol–water partition coefficient (Wildman–Crippen LogP) is 3.73. The summed E-state index contributed by atoms with van der Waals surface area (Å²) in [5.41, 5.74) is 3.80. The van der Waals surface area contributed by atoms with Crippen molar-refractivity contribution in [3.8, 4) is 22.7 Å². The van der Waals surface area contributed by atoms with Gasteiger partial charge in [0.1, 0.15) is 11.5 Å². The van der Waals surface area contributed by atoms with E-state index in [1.165, 1.54) is 0 Å². The standard InChI is InChI=1S/C20H17N5O2/c26-20(16-11-15(23-24-16)18-6-3-9-27-18)22-14-5-1-4-13(10-14)17-12-21-19-7-2-8-25(17)19/h1,3-6,9-12H,2,7-8H2,(H,22,26)(H,23,24). The molecule has 0 saturated heterocycles. The van der Waals surface area contributed by atoms with Gasteiger partial charge in [0.25, 0.3) is 5.91 Å². The number of furan rings is 1. The zero-order valence-corrected chi connectivity index (χ0v) is 14.5. The maximum Gasteiger partial charge on any atom is 0.276 e. The molecule has 4 aromatic rings. The van der Waals surface area contributed by atoms with E-state index in [4.69, 9.17) is 4.42 Å². The lowest BCUT2D eigenvalue weighted by atomic mass is 10.1. The fourth-order valence-corrected chi connectivity index (χ4v) is 3.44. The van der Waals surface area contributed by atoms with Gasteiger partial charge in [-0.3, -0.25) is 9.89 Å². The second kappa shape index (κ2) is 6.28. The molecule has 3 aromatic heterocycles. The molecule has 0 aliphatic carbocycles. The molecule has 7 nitrogen and oxygen atoms in total. The number of anilines is 1. The third-order valence-electron chi connectivity index (χ3n) is 4.73. The number of nitrogens with zero attached hydrogens (tertiary/aromatic N) is 3. The van der Waals surface area contributed by atoms with E-state index in [0.717, 1.165) is 36.5 Å². The van der Waals surface area contributed by atoms with Gasteiger partial charge in [0.15, 0.2) is 11.5 Å². The van der Waals surface area contributed by atoms with Crippen molar-refractivity contribution in [1.82, 2.24) is 19.7 Å². The molecule has 1 aliphatic rings. The van der Waals surface area contributed by atoms with Crippen LogP contribution in [0.5, 0.6) is 0 Å². The zero-order valence-electron chi connectivity index (χ0n) is 14.5. The third kappa shape index (κ3) is 2.83. The summed E-state index contributed by atoms with van der Waals surface area (Å²) in [5, 5.41) is 9.80.